The van der Waals surface area contributed by atoms with Gasteiger partial charge in [0, 0.05) is 25.7 Å². The third-order valence-corrected chi connectivity index (χ3v) is 7.09. The molecule has 0 unspecified atom stereocenters. The number of amides is 2. The topological polar surface area (TPSA) is 86.8 Å². The molecule has 0 aliphatic carbocycles. The van der Waals surface area contributed by atoms with Gasteiger partial charge in [0.1, 0.15) is 0 Å². The van der Waals surface area contributed by atoms with Gasteiger partial charge in [-0.25, -0.2) is 12.7 Å². The molecule has 9 heteroatoms. The van der Waals surface area contributed by atoms with Crippen LogP contribution in [0.15, 0.2) is 17.5 Å². The van der Waals surface area contributed by atoms with Crippen LogP contribution in [0.5, 0.6) is 0 Å². The van der Waals surface area contributed by atoms with Crippen molar-refractivity contribution in [3.8, 4) is 0 Å². The normalized spacial score (nSPS) is 26.5. The number of nitrogens with zero attached hydrogens (tertiary/aromatic N) is 2. The number of nitrogens with one attached hydrogen (secondary N) is 1. The van der Waals surface area contributed by atoms with E-state index >= 15 is 0 Å². The van der Waals surface area contributed by atoms with Crippen molar-refractivity contribution < 1.29 is 18.0 Å². The van der Waals surface area contributed by atoms with E-state index in [2.05, 4.69) is 5.32 Å². The first kappa shape index (κ1) is 18.3. The summed E-state index contributed by atoms with van der Waals surface area (Å²) < 4.78 is 25.9. The van der Waals surface area contributed by atoms with Crippen molar-refractivity contribution in [1.29, 1.82) is 0 Å². The highest BCUT2D eigenvalue weighted by Gasteiger charge is 2.45. The van der Waals surface area contributed by atoms with E-state index in [1.807, 2.05) is 30.2 Å². The Labute approximate surface area is 152 Å². The first-order valence-corrected chi connectivity index (χ1v) is 10.9. The largest absolute Gasteiger partial charge is 0.347 e. The summed E-state index contributed by atoms with van der Waals surface area (Å²) >= 11 is 1.37. The Kier molecular flexibility index (Phi) is 5.17. The van der Waals surface area contributed by atoms with Crippen LogP contribution in [-0.2, 0) is 14.8 Å². The molecule has 0 bridgehead atoms. The molecule has 2 saturated heterocycles. The Hall–Kier alpha value is -1.45. The van der Waals surface area contributed by atoms with Gasteiger partial charge in [-0.1, -0.05) is 19.9 Å². The number of thiophene rings is 1. The first-order chi connectivity index (χ1) is 11.8. The van der Waals surface area contributed by atoms with Crippen molar-refractivity contribution in [2.45, 2.75) is 32.4 Å². The maximum Gasteiger partial charge on any atom is 0.261 e. The molecule has 1 aromatic rings. The van der Waals surface area contributed by atoms with Crippen molar-refractivity contribution in [3.63, 3.8) is 0 Å². The molecule has 0 radical (unpaired) electrons. The van der Waals surface area contributed by atoms with Crippen LogP contribution in [0, 0.1) is 5.92 Å². The Morgan fingerprint density at radius 1 is 1.44 bits per heavy atom. The molecule has 3 heterocycles. The molecule has 25 heavy (non-hydrogen) atoms. The number of carbonyl (C=O) groups excluding carboxylic acids is 2. The van der Waals surface area contributed by atoms with Gasteiger partial charge in [0.05, 0.1) is 16.7 Å². The fraction of sp³-hybridized carbons (Fsp3) is 0.625. The van der Waals surface area contributed by atoms with Crippen molar-refractivity contribution >= 4 is 33.2 Å². The van der Waals surface area contributed by atoms with Gasteiger partial charge in [-0.2, -0.15) is 0 Å². The van der Waals surface area contributed by atoms with Gasteiger partial charge in [-0.3, -0.25) is 14.5 Å². The smallest absolute Gasteiger partial charge is 0.261 e. The summed E-state index contributed by atoms with van der Waals surface area (Å²) in [6, 6.07) is 2.95. The van der Waals surface area contributed by atoms with Gasteiger partial charge in [0.25, 0.3) is 11.8 Å². The second kappa shape index (κ2) is 7.05. The molecule has 1 N–H and O–H groups in total. The number of rotatable bonds is 4. The van der Waals surface area contributed by atoms with E-state index in [1.54, 1.807) is 6.07 Å². The Balaban J connectivity index is 1.72. The van der Waals surface area contributed by atoms with E-state index in [1.165, 1.54) is 11.3 Å². The summed E-state index contributed by atoms with van der Waals surface area (Å²) in [7, 11) is -3.57. The Morgan fingerprint density at radius 2 is 2.20 bits per heavy atom. The highest BCUT2D eigenvalue weighted by molar-refractivity contribution is 7.89. The zero-order valence-electron chi connectivity index (χ0n) is 14.3. The quantitative estimate of drug-likeness (QED) is 0.826. The zero-order valence-corrected chi connectivity index (χ0v) is 16.0. The van der Waals surface area contributed by atoms with E-state index in [0.717, 1.165) is 4.31 Å². The van der Waals surface area contributed by atoms with E-state index in [0.29, 0.717) is 24.4 Å². The van der Waals surface area contributed by atoms with E-state index in [4.69, 9.17) is 0 Å². The summed E-state index contributed by atoms with van der Waals surface area (Å²) in [4.78, 5) is 27.6. The van der Waals surface area contributed by atoms with Crippen LogP contribution in [0.25, 0.3) is 0 Å². The lowest BCUT2D eigenvalue weighted by atomic mass is 10.1. The van der Waals surface area contributed by atoms with Crippen LogP contribution in [0.2, 0.25) is 0 Å². The molecule has 2 atom stereocenters. The molecule has 1 aromatic heterocycles. The average molecular weight is 386 g/mol. The lowest BCUT2D eigenvalue weighted by Crippen LogP contribution is -2.45. The minimum atomic E-state index is -3.57. The molecule has 0 aromatic carbocycles. The van der Waals surface area contributed by atoms with Crippen molar-refractivity contribution in [1.82, 2.24) is 14.5 Å². The van der Waals surface area contributed by atoms with E-state index in [9.17, 15) is 18.0 Å². The lowest BCUT2D eigenvalue weighted by Gasteiger charge is -2.25. The Bertz CT molecular complexity index is 745. The van der Waals surface area contributed by atoms with Crippen LogP contribution in [0.4, 0.5) is 0 Å². The number of sulfonamides is 1. The van der Waals surface area contributed by atoms with Gasteiger partial charge in [0.15, 0.2) is 0 Å². The third-order valence-electron chi connectivity index (χ3n) is 4.52. The molecule has 0 spiro atoms. The Morgan fingerprint density at radius 3 is 2.84 bits per heavy atom. The molecule has 0 saturated carbocycles. The number of fused-ring (bicyclic) bond motifs is 1. The minimum absolute atomic E-state index is 0.0620. The molecule has 2 fully saturated rings. The van der Waals surface area contributed by atoms with Crippen molar-refractivity contribution in [2.24, 2.45) is 5.92 Å². The SMILES string of the molecule is CC(C)CN1C(=O)[C@@H]2C[C@H](NC(=O)c3cccs3)CN2CCS1(=O)=O. The van der Waals surface area contributed by atoms with Crippen LogP contribution in [0.3, 0.4) is 0 Å². The number of hydrogen-bond donors (Lipinski definition) is 1. The minimum Gasteiger partial charge on any atom is -0.347 e. The van der Waals surface area contributed by atoms with Crippen molar-refractivity contribution in [3.05, 3.63) is 22.4 Å². The van der Waals surface area contributed by atoms with Crippen LogP contribution < -0.4 is 5.32 Å². The second-order valence-corrected chi connectivity index (χ2v) is 9.93. The zero-order chi connectivity index (χ0) is 18.2. The summed E-state index contributed by atoms with van der Waals surface area (Å²) in [6.07, 6.45) is 0.445. The molecule has 138 valence electrons. The van der Waals surface area contributed by atoms with E-state index < -0.39 is 16.1 Å². The number of hydrogen-bond acceptors (Lipinski definition) is 6. The average Bonchev–Trinajstić information content (AvgIpc) is 3.17. The summed E-state index contributed by atoms with van der Waals surface area (Å²) in [5, 5.41) is 4.81. The molecule has 2 aliphatic heterocycles. The third kappa shape index (κ3) is 3.88. The number of carbonyl (C=O) groups is 2. The molecular formula is C16H23N3O4S2. The summed E-state index contributed by atoms with van der Waals surface area (Å²) in [5.41, 5.74) is 0. The van der Waals surface area contributed by atoms with Gasteiger partial charge >= 0.3 is 0 Å². The first-order valence-electron chi connectivity index (χ1n) is 8.40. The predicted octanol–water partition coefficient (Wildman–Crippen LogP) is 0.749. The fourth-order valence-corrected chi connectivity index (χ4v) is 5.59. The highest BCUT2D eigenvalue weighted by Crippen LogP contribution is 2.25. The second-order valence-electron chi connectivity index (χ2n) is 6.97. The maximum atomic E-state index is 12.8. The van der Waals surface area contributed by atoms with E-state index in [-0.39, 0.29) is 36.1 Å². The maximum absolute atomic E-state index is 12.8. The molecular weight excluding hydrogens is 362 g/mol. The molecule has 3 rings (SSSR count). The molecule has 7 nitrogen and oxygen atoms in total. The van der Waals surface area contributed by atoms with Gasteiger partial charge in [-0.05, 0) is 23.8 Å². The van der Waals surface area contributed by atoms with Crippen LogP contribution >= 0.6 is 11.3 Å². The standard InChI is InChI=1S/C16H23N3O4S2/c1-11(2)9-19-16(21)13-8-12(10-18(13)5-7-25(19,22)23)17-15(20)14-4-3-6-24-14/h3-4,6,11-13H,5,7-10H2,1-2H3,(H,17,20)/t12-,13-/m0/s1. The van der Waals surface area contributed by atoms with Gasteiger partial charge in [-0.15, -0.1) is 11.3 Å². The highest BCUT2D eigenvalue weighted by atomic mass is 32.2. The van der Waals surface area contributed by atoms with Crippen LogP contribution in [0.1, 0.15) is 29.9 Å². The summed E-state index contributed by atoms with van der Waals surface area (Å²) in [6.45, 7) is 4.81. The molecule has 2 amide bonds. The predicted molar refractivity (Wildman–Crippen MR) is 95.9 cm³/mol. The lowest BCUT2D eigenvalue weighted by molar-refractivity contribution is -0.130. The van der Waals surface area contributed by atoms with Gasteiger partial charge < -0.3 is 5.32 Å². The summed E-state index contributed by atoms with van der Waals surface area (Å²) in [5.74, 6) is -0.495. The monoisotopic (exact) mass is 385 g/mol. The van der Waals surface area contributed by atoms with Crippen molar-refractivity contribution in [2.75, 3.05) is 25.4 Å². The van der Waals surface area contributed by atoms with Gasteiger partial charge in [0.2, 0.25) is 10.0 Å². The molecule has 2 aliphatic rings. The fourth-order valence-electron chi connectivity index (χ4n) is 3.36. The van der Waals surface area contributed by atoms with Crippen LogP contribution in [-0.4, -0.2) is 66.9 Å².